The van der Waals surface area contributed by atoms with Crippen LogP contribution in [0.2, 0.25) is 5.02 Å². The summed E-state index contributed by atoms with van der Waals surface area (Å²) in [6, 6.07) is 17.3. The summed E-state index contributed by atoms with van der Waals surface area (Å²) in [5, 5.41) is 4.50. The zero-order chi connectivity index (χ0) is 23.5. The van der Waals surface area contributed by atoms with E-state index in [2.05, 4.69) is 15.3 Å². The molecule has 0 radical (unpaired) electrons. The number of aromatic nitrogens is 2. The third kappa shape index (κ3) is 4.70. The van der Waals surface area contributed by atoms with Crippen molar-refractivity contribution in [2.75, 3.05) is 5.32 Å². The summed E-state index contributed by atoms with van der Waals surface area (Å²) in [5.74, 6) is 1.13. The van der Waals surface area contributed by atoms with Crippen molar-refractivity contribution < 1.29 is 18.7 Å². The van der Waals surface area contributed by atoms with Gasteiger partial charge in [-0.25, -0.2) is 14.4 Å². The lowest BCUT2D eigenvalue weighted by Gasteiger charge is -2.14. The van der Waals surface area contributed by atoms with Gasteiger partial charge in [0.25, 0.3) is 0 Å². The number of nitrogens with one attached hydrogen (secondary N) is 1. The quantitative estimate of drug-likeness (QED) is 0.317. The largest absolute Gasteiger partial charge is 0.487 e. The summed E-state index contributed by atoms with van der Waals surface area (Å²) in [5.41, 5.74) is 3.13. The number of halogens is 2. The molecule has 1 unspecified atom stereocenters. The van der Waals surface area contributed by atoms with E-state index in [-0.39, 0.29) is 18.5 Å². The Kier molecular flexibility index (Phi) is 6.10. The third-order valence-electron chi connectivity index (χ3n) is 5.44. The van der Waals surface area contributed by atoms with Crippen molar-refractivity contribution in [3.8, 4) is 5.75 Å². The Morgan fingerprint density at radius 3 is 2.85 bits per heavy atom. The number of benzene rings is 3. The molecule has 2 heterocycles. The third-order valence-corrected chi connectivity index (χ3v) is 5.73. The number of carbonyl (C=O) groups excluding carboxylic acids is 1. The van der Waals surface area contributed by atoms with Crippen LogP contribution < -0.4 is 10.1 Å². The van der Waals surface area contributed by atoms with Crippen LogP contribution in [0.5, 0.6) is 5.75 Å². The minimum absolute atomic E-state index is 0.202. The number of nitrogens with zero attached hydrogens (tertiary/aromatic N) is 2. The van der Waals surface area contributed by atoms with Crippen LogP contribution in [-0.4, -0.2) is 16.3 Å². The maximum Gasteiger partial charge on any atom is 0.184 e. The fourth-order valence-electron chi connectivity index (χ4n) is 3.76. The Bertz CT molecular complexity index is 1410. The zero-order valence-corrected chi connectivity index (χ0v) is 18.6. The van der Waals surface area contributed by atoms with E-state index in [0.717, 1.165) is 22.2 Å². The van der Waals surface area contributed by atoms with Gasteiger partial charge in [0.15, 0.2) is 12.0 Å². The molecule has 0 saturated heterocycles. The molecule has 6 nitrogen and oxygen atoms in total. The second-order valence-corrected chi connectivity index (χ2v) is 8.16. The smallest absolute Gasteiger partial charge is 0.184 e. The first kappa shape index (κ1) is 21.9. The highest BCUT2D eigenvalue weighted by atomic mass is 35.5. The summed E-state index contributed by atoms with van der Waals surface area (Å²) in [7, 11) is 0. The van der Waals surface area contributed by atoms with Crippen molar-refractivity contribution >= 4 is 40.3 Å². The maximum atomic E-state index is 13.4. The molecule has 0 fully saturated rings. The standard InChI is InChI=1S/C26H19ClFN3O3/c27-22-12-19(5-8-25(22)33-14-16-2-1-3-18(28)10-16)31-26-21-11-17(4-7-23(21)29-15-30-26)24-9-6-20(13-32)34-24/h1-8,10-13,15,24H,9,14H2,(H,29,30,31). The topological polar surface area (TPSA) is 73.3 Å². The molecule has 1 aromatic heterocycles. The zero-order valence-electron chi connectivity index (χ0n) is 17.9. The number of ether oxygens (including phenoxy) is 2. The van der Waals surface area contributed by atoms with E-state index >= 15 is 0 Å². The van der Waals surface area contributed by atoms with Crippen LogP contribution in [0.1, 0.15) is 23.7 Å². The fraction of sp³-hybridized carbons (Fsp3) is 0.115. The number of carbonyl (C=O) groups is 1. The van der Waals surface area contributed by atoms with Gasteiger partial charge >= 0.3 is 0 Å². The van der Waals surface area contributed by atoms with Gasteiger partial charge in [-0.15, -0.1) is 0 Å². The second kappa shape index (κ2) is 9.49. The number of allylic oxidation sites excluding steroid dienone is 1. The van der Waals surface area contributed by atoms with Gasteiger partial charge in [-0.2, -0.15) is 0 Å². The van der Waals surface area contributed by atoms with Crippen molar-refractivity contribution in [2.24, 2.45) is 0 Å². The number of rotatable bonds is 7. The number of hydrogen-bond acceptors (Lipinski definition) is 6. The molecule has 1 N–H and O–H groups in total. The molecule has 1 aliphatic rings. The van der Waals surface area contributed by atoms with E-state index in [4.69, 9.17) is 21.1 Å². The SMILES string of the molecule is O=CC1=CCC(c2ccc3ncnc(Nc4ccc(OCc5cccc(F)c5)c(Cl)c4)c3c2)O1. The van der Waals surface area contributed by atoms with Crippen molar-refractivity contribution in [3.05, 3.63) is 101 Å². The first-order valence-corrected chi connectivity index (χ1v) is 11.0. The summed E-state index contributed by atoms with van der Waals surface area (Å²) in [6.07, 6.45) is 4.39. The van der Waals surface area contributed by atoms with E-state index in [1.165, 1.54) is 18.5 Å². The molecule has 0 aliphatic carbocycles. The van der Waals surface area contributed by atoms with E-state index in [1.54, 1.807) is 30.3 Å². The average molecular weight is 476 g/mol. The first-order chi connectivity index (χ1) is 16.6. The van der Waals surface area contributed by atoms with E-state index in [0.29, 0.717) is 40.6 Å². The Balaban J connectivity index is 1.34. The minimum Gasteiger partial charge on any atom is -0.487 e. The van der Waals surface area contributed by atoms with Gasteiger partial charge in [0.2, 0.25) is 0 Å². The molecule has 0 spiro atoms. The second-order valence-electron chi connectivity index (χ2n) is 7.75. The van der Waals surface area contributed by atoms with Gasteiger partial charge in [0.05, 0.1) is 10.5 Å². The molecule has 1 aliphatic heterocycles. The molecule has 8 heteroatoms. The lowest BCUT2D eigenvalue weighted by molar-refractivity contribution is -0.108. The van der Waals surface area contributed by atoms with Gasteiger partial charge in [-0.1, -0.05) is 29.8 Å². The molecule has 1 atom stereocenters. The molecular formula is C26H19ClFN3O3. The summed E-state index contributed by atoms with van der Waals surface area (Å²) < 4.78 is 24.8. The van der Waals surface area contributed by atoms with Crippen LogP contribution in [0.15, 0.2) is 78.8 Å². The molecule has 170 valence electrons. The molecule has 0 bridgehead atoms. The van der Waals surface area contributed by atoms with Gasteiger partial charge in [0, 0.05) is 17.5 Å². The number of aldehydes is 1. The van der Waals surface area contributed by atoms with Crippen LogP contribution in [0.4, 0.5) is 15.9 Å². The van der Waals surface area contributed by atoms with E-state index in [9.17, 15) is 9.18 Å². The highest BCUT2D eigenvalue weighted by molar-refractivity contribution is 6.32. The average Bonchev–Trinajstić information content (AvgIpc) is 3.33. The fourth-order valence-corrected chi connectivity index (χ4v) is 3.99. The molecule has 0 saturated carbocycles. The number of hydrogen-bond donors (Lipinski definition) is 1. The predicted octanol–water partition coefficient (Wildman–Crippen LogP) is 6.29. The lowest BCUT2D eigenvalue weighted by Crippen LogP contribution is -2.01. The molecule has 4 aromatic rings. The Labute approximate surface area is 200 Å². The summed E-state index contributed by atoms with van der Waals surface area (Å²) >= 11 is 6.43. The minimum atomic E-state index is -0.313. The summed E-state index contributed by atoms with van der Waals surface area (Å²) in [4.78, 5) is 19.7. The Morgan fingerprint density at radius 2 is 2.06 bits per heavy atom. The van der Waals surface area contributed by atoms with Crippen molar-refractivity contribution in [1.29, 1.82) is 0 Å². The van der Waals surface area contributed by atoms with Gasteiger partial charge in [-0.3, -0.25) is 4.79 Å². The highest BCUT2D eigenvalue weighted by Crippen LogP contribution is 2.34. The van der Waals surface area contributed by atoms with Crippen molar-refractivity contribution in [2.45, 2.75) is 19.1 Å². The van der Waals surface area contributed by atoms with Gasteiger partial charge in [-0.05, 0) is 59.7 Å². The molecule has 5 rings (SSSR count). The Morgan fingerprint density at radius 1 is 1.15 bits per heavy atom. The van der Waals surface area contributed by atoms with E-state index in [1.807, 2.05) is 24.3 Å². The predicted molar refractivity (Wildman–Crippen MR) is 128 cm³/mol. The van der Waals surface area contributed by atoms with Crippen LogP contribution in [-0.2, 0) is 16.1 Å². The van der Waals surface area contributed by atoms with Crippen LogP contribution in [0.3, 0.4) is 0 Å². The van der Waals surface area contributed by atoms with Crippen molar-refractivity contribution in [3.63, 3.8) is 0 Å². The summed E-state index contributed by atoms with van der Waals surface area (Å²) in [6.45, 7) is 0.202. The molecular weight excluding hydrogens is 457 g/mol. The molecule has 34 heavy (non-hydrogen) atoms. The molecule has 3 aromatic carbocycles. The van der Waals surface area contributed by atoms with E-state index < -0.39 is 0 Å². The van der Waals surface area contributed by atoms with Gasteiger partial charge < -0.3 is 14.8 Å². The molecule has 0 amide bonds. The van der Waals surface area contributed by atoms with Crippen molar-refractivity contribution in [1.82, 2.24) is 9.97 Å². The van der Waals surface area contributed by atoms with Gasteiger partial charge in [0.1, 0.15) is 36.4 Å². The number of anilines is 2. The first-order valence-electron chi connectivity index (χ1n) is 10.6. The van der Waals surface area contributed by atoms with Crippen LogP contribution >= 0.6 is 11.6 Å². The monoisotopic (exact) mass is 475 g/mol. The normalized spacial score (nSPS) is 15.0. The van der Waals surface area contributed by atoms with Crippen LogP contribution in [0.25, 0.3) is 10.9 Å². The number of fused-ring (bicyclic) bond motifs is 1. The maximum absolute atomic E-state index is 13.4. The Hall–Kier alpha value is -3.97. The lowest BCUT2D eigenvalue weighted by atomic mass is 10.0. The van der Waals surface area contributed by atoms with Crippen LogP contribution in [0, 0.1) is 5.82 Å². The highest BCUT2D eigenvalue weighted by Gasteiger charge is 2.20.